The first-order valence-electron chi connectivity index (χ1n) is 7.23. The normalized spacial score (nSPS) is 21.9. The minimum Gasteiger partial charge on any atom is -0.381 e. The van der Waals surface area contributed by atoms with Crippen LogP contribution in [0.2, 0.25) is 0 Å². The van der Waals surface area contributed by atoms with Gasteiger partial charge in [-0.1, -0.05) is 11.3 Å². The minimum absolute atomic E-state index is 0.0853. The molecule has 1 aliphatic carbocycles. The summed E-state index contributed by atoms with van der Waals surface area (Å²) in [5.41, 5.74) is 0. The van der Waals surface area contributed by atoms with Gasteiger partial charge < -0.3 is 9.64 Å². The van der Waals surface area contributed by atoms with Gasteiger partial charge in [0.25, 0.3) is 0 Å². The van der Waals surface area contributed by atoms with Crippen LogP contribution in [-0.4, -0.2) is 47.4 Å². The molecule has 1 N–H and O–H groups in total. The maximum Gasteiger partial charge on any atom is 0.323 e. The molecule has 6 nitrogen and oxygen atoms in total. The van der Waals surface area contributed by atoms with Crippen LogP contribution >= 0.6 is 11.3 Å². The van der Waals surface area contributed by atoms with Crippen molar-refractivity contribution in [2.75, 3.05) is 31.6 Å². The predicted molar refractivity (Wildman–Crippen MR) is 77.1 cm³/mol. The average molecular weight is 296 g/mol. The van der Waals surface area contributed by atoms with E-state index in [0.29, 0.717) is 23.5 Å². The summed E-state index contributed by atoms with van der Waals surface area (Å²) in [6, 6.07) is -0.0853. The molecule has 1 aromatic rings. The lowest BCUT2D eigenvalue weighted by Crippen LogP contribution is -2.38. The number of carbonyl (C=O) groups is 1. The van der Waals surface area contributed by atoms with E-state index < -0.39 is 0 Å². The Labute approximate surface area is 122 Å². The van der Waals surface area contributed by atoms with Gasteiger partial charge in [-0.05, 0) is 26.2 Å². The van der Waals surface area contributed by atoms with E-state index in [-0.39, 0.29) is 6.03 Å². The third kappa shape index (κ3) is 3.27. The zero-order valence-corrected chi connectivity index (χ0v) is 12.5. The van der Waals surface area contributed by atoms with Gasteiger partial charge in [0.15, 0.2) is 0 Å². The van der Waals surface area contributed by atoms with Gasteiger partial charge in [-0.25, -0.2) is 4.79 Å². The van der Waals surface area contributed by atoms with Crippen LogP contribution < -0.4 is 5.32 Å². The van der Waals surface area contributed by atoms with Crippen molar-refractivity contribution >= 4 is 22.5 Å². The molecule has 0 bridgehead atoms. The first kappa shape index (κ1) is 13.8. The molecule has 20 heavy (non-hydrogen) atoms. The van der Waals surface area contributed by atoms with E-state index in [1.165, 1.54) is 24.2 Å². The highest BCUT2D eigenvalue weighted by molar-refractivity contribution is 7.15. The van der Waals surface area contributed by atoms with Crippen molar-refractivity contribution in [3.05, 3.63) is 5.01 Å². The van der Waals surface area contributed by atoms with Crippen molar-refractivity contribution in [1.29, 1.82) is 0 Å². The quantitative estimate of drug-likeness (QED) is 0.905. The van der Waals surface area contributed by atoms with Crippen LogP contribution in [0.1, 0.15) is 37.1 Å². The number of carbonyl (C=O) groups excluding carboxylic acids is 1. The minimum atomic E-state index is -0.0853. The van der Waals surface area contributed by atoms with Crippen LogP contribution in [0.5, 0.6) is 0 Å². The van der Waals surface area contributed by atoms with E-state index in [0.717, 1.165) is 31.2 Å². The molecule has 110 valence electrons. The predicted octanol–water partition coefficient (Wildman–Crippen LogP) is 2.31. The molecule has 2 aliphatic rings. The van der Waals surface area contributed by atoms with Gasteiger partial charge in [0.1, 0.15) is 5.01 Å². The maximum absolute atomic E-state index is 12.2. The molecule has 7 heteroatoms. The third-order valence-corrected chi connectivity index (χ3v) is 4.75. The van der Waals surface area contributed by atoms with Crippen molar-refractivity contribution in [3.63, 3.8) is 0 Å². The highest BCUT2D eigenvalue weighted by Gasteiger charge is 2.28. The number of anilines is 1. The highest BCUT2D eigenvalue weighted by atomic mass is 32.1. The summed E-state index contributed by atoms with van der Waals surface area (Å²) in [6.45, 7) is 5.00. The van der Waals surface area contributed by atoms with E-state index >= 15 is 0 Å². The fourth-order valence-electron chi connectivity index (χ4n) is 2.35. The molecule has 1 saturated heterocycles. The van der Waals surface area contributed by atoms with E-state index in [1.807, 2.05) is 11.8 Å². The van der Waals surface area contributed by atoms with Gasteiger partial charge in [0.2, 0.25) is 5.13 Å². The lowest BCUT2D eigenvalue weighted by atomic mass is 10.1. The van der Waals surface area contributed by atoms with Crippen molar-refractivity contribution in [2.45, 2.75) is 32.1 Å². The topological polar surface area (TPSA) is 67.3 Å². The van der Waals surface area contributed by atoms with E-state index in [1.54, 1.807) is 0 Å². The smallest absolute Gasteiger partial charge is 0.323 e. The number of ether oxygens (including phenoxy) is 1. The number of nitrogens with one attached hydrogen (secondary N) is 1. The van der Waals surface area contributed by atoms with Crippen molar-refractivity contribution in [2.24, 2.45) is 5.92 Å². The maximum atomic E-state index is 12.2. The Morgan fingerprint density at radius 3 is 2.95 bits per heavy atom. The molecule has 1 atom stereocenters. The Balaban J connectivity index is 1.54. The molecule has 0 aromatic carbocycles. The summed E-state index contributed by atoms with van der Waals surface area (Å²) in [6.07, 6.45) is 3.44. The largest absolute Gasteiger partial charge is 0.381 e. The van der Waals surface area contributed by atoms with Crippen LogP contribution in [0, 0.1) is 5.92 Å². The van der Waals surface area contributed by atoms with Crippen molar-refractivity contribution in [3.8, 4) is 0 Å². The summed E-state index contributed by atoms with van der Waals surface area (Å²) in [4.78, 5) is 14.1. The number of hydrogen-bond donors (Lipinski definition) is 1. The lowest BCUT2D eigenvalue weighted by Gasteiger charge is -2.23. The van der Waals surface area contributed by atoms with Crippen LogP contribution in [0.3, 0.4) is 0 Å². The molecular formula is C13H20N4O2S. The zero-order chi connectivity index (χ0) is 13.9. The van der Waals surface area contributed by atoms with Crippen molar-refractivity contribution in [1.82, 2.24) is 15.1 Å². The second-order valence-electron chi connectivity index (χ2n) is 5.42. The second kappa shape index (κ2) is 6.05. The number of urea groups is 1. The number of nitrogens with zero attached hydrogens (tertiary/aromatic N) is 3. The zero-order valence-electron chi connectivity index (χ0n) is 11.7. The van der Waals surface area contributed by atoms with Crippen LogP contribution in [-0.2, 0) is 4.74 Å². The standard InChI is InChI=1S/C13H20N4O2S/c1-2-17(7-9-5-6-19-8-9)13(18)14-12-16-15-11(20-12)10-3-4-10/h9-10H,2-8H2,1H3,(H,14,16,18). The van der Waals surface area contributed by atoms with Gasteiger partial charge in [-0.3, -0.25) is 5.32 Å². The second-order valence-corrected chi connectivity index (χ2v) is 6.43. The summed E-state index contributed by atoms with van der Waals surface area (Å²) >= 11 is 1.50. The SMILES string of the molecule is CCN(CC1CCOC1)C(=O)Nc1nnc(C2CC2)s1. The Kier molecular flexibility index (Phi) is 4.16. The van der Waals surface area contributed by atoms with Gasteiger partial charge in [0, 0.05) is 31.5 Å². The van der Waals surface area contributed by atoms with E-state index in [4.69, 9.17) is 4.74 Å². The molecule has 1 saturated carbocycles. The number of hydrogen-bond acceptors (Lipinski definition) is 5. The molecule has 3 rings (SSSR count). The van der Waals surface area contributed by atoms with Gasteiger partial charge in [0.05, 0.1) is 6.61 Å². The first-order valence-corrected chi connectivity index (χ1v) is 8.05. The van der Waals surface area contributed by atoms with Gasteiger partial charge in [-0.15, -0.1) is 10.2 Å². The molecule has 1 aromatic heterocycles. The summed E-state index contributed by atoms with van der Waals surface area (Å²) in [5.74, 6) is 1.04. The Hall–Kier alpha value is -1.21. The van der Waals surface area contributed by atoms with Gasteiger partial charge >= 0.3 is 6.03 Å². The molecule has 2 amide bonds. The van der Waals surface area contributed by atoms with Crippen molar-refractivity contribution < 1.29 is 9.53 Å². The molecular weight excluding hydrogens is 276 g/mol. The highest BCUT2D eigenvalue weighted by Crippen LogP contribution is 2.42. The first-order chi connectivity index (χ1) is 9.76. The monoisotopic (exact) mass is 296 g/mol. The fraction of sp³-hybridized carbons (Fsp3) is 0.769. The number of aromatic nitrogens is 2. The fourth-order valence-corrected chi connectivity index (χ4v) is 3.25. The summed E-state index contributed by atoms with van der Waals surface area (Å²) in [7, 11) is 0. The molecule has 2 fully saturated rings. The van der Waals surface area contributed by atoms with Crippen LogP contribution in [0.25, 0.3) is 0 Å². The average Bonchev–Trinajstić information content (AvgIpc) is 2.98. The lowest BCUT2D eigenvalue weighted by molar-refractivity contribution is 0.171. The summed E-state index contributed by atoms with van der Waals surface area (Å²) in [5, 5.41) is 12.7. The van der Waals surface area contributed by atoms with Gasteiger partial charge in [-0.2, -0.15) is 0 Å². The van der Waals surface area contributed by atoms with Crippen LogP contribution in [0.15, 0.2) is 0 Å². The molecule has 0 spiro atoms. The molecule has 1 aliphatic heterocycles. The molecule has 0 radical (unpaired) electrons. The molecule has 1 unspecified atom stereocenters. The van der Waals surface area contributed by atoms with Crippen LogP contribution in [0.4, 0.5) is 9.93 Å². The molecule has 2 heterocycles. The third-order valence-electron chi connectivity index (χ3n) is 3.75. The van der Waals surface area contributed by atoms with E-state index in [9.17, 15) is 4.79 Å². The Morgan fingerprint density at radius 2 is 2.30 bits per heavy atom. The summed E-state index contributed by atoms with van der Waals surface area (Å²) < 4.78 is 5.36. The van der Waals surface area contributed by atoms with E-state index in [2.05, 4.69) is 15.5 Å². The Morgan fingerprint density at radius 1 is 1.45 bits per heavy atom. The number of rotatable bonds is 5. The Bertz CT molecular complexity index is 469. The number of amides is 2.